The Kier molecular flexibility index (Phi) is 14.1. The van der Waals surface area contributed by atoms with Gasteiger partial charge in [0.2, 0.25) is 11.8 Å². The van der Waals surface area contributed by atoms with Gasteiger partial charge in [-0.25, -0.2) is 19.6 Å². The lowest BCUT2D eigenvalue weighted by atomic mass is 9.94. The van der Waals surface area contributed by atoms with Crippen LogP contribution in [0.3, 0.4) is 0 Å². The summed E-state index contributed by atoms with van der Waals surface area (Å²) in [6.45, 7) is 8.66. The summed E-state index contributed by atoms with van der Waals surface area (Å²) in [5.74, 6) is 13.1. The molecule has 5 aromatic rings. The van der Waals surface area contributed by atoms with E-state index >= 15 is 0 Å². The molecule has 2 aromatic heterocycles. The van der Waals surface area contributed by atoms with Gasteiger partial charge in [0.15, 0.2) is 0 Å². The monoisotopic (exact) mass is 862 g/mol. The molecule has 0 aliphatic carbocycles. The topological polar surface area (TPSA) is 175 Å². The Labute approximate surface area is 373 Å². The number of hydrogen-bond acceptors (Lipinski definition) is 8. The van der Waals surface area contributed by atoms with Crippen LogP contribution in [-0.2, 0) is 19.1 Å². The summed E-state index contributed by atoms with van der Waals surface area (Å²) in [5, 5.41) is 5.39. The van der Waals surface area contributed by atoms with Gasteiger partial charge in [0.25, 0.3) is 0 Å². The van der Waals surface area contributed by atoms with E-state index in [1.807, 2.05) is 64.1 Å². The average molecular weight is 863 g/mol. The Bertz CT molecular complexity index is 2610. The van der Waals surface area contributed by atoms with Crippen LogP contribution in [0, 0.1) is 35.5 Å². The van der Waals surface area contributed by atoms with Gasteiger partial charge in [-0.3, -0.25) is 9.59 Å². The molecule has 330 valence electrons. The minimum absolute atomic E-state index is 0.137. The number of imidazole rings is 2. The van der Waals surface area contributed by atoms with E-state index in [1.165, 1.54) is 14.2 Å². The van der Waals surface area contributed by atoms with Crippen LogP contribution in [0.2, 0.25) is 0 Å². The number of likely N-dealkylation sites (tertiary alicyclic amines) is 2. The molecule has 2 fully saturated rings. The first-order valence-corrected chi connectivity index (χ1v) is 21.7. The summed E-state index contributed by atoms with van der Waals surface area (Å²) < 4.78 is 9.56. The Morgan fingerprint density at radius 2 is 1.22 bits per heavy atom. The van der Waals surface area contributed by atoms with Crippen molar-refractivity contribution in [2.75, 3.05) is 27.3 Å². The summed E-state index contributed by atoms with van der Waals surface area (Å²) in [7, 11) is 2.56. The number of rotatable bonds is 11. The maximum atomic E-state index is 13.8. The standard InChI is InChI=1S/C50H54N8O6/c1-31(2)43(55-49(61)63-5)47(59)57-25-13-21-41(57)45-51-29-38(53-45)20-11-10-17-34-23-24-37(28-39(34)36-19-12-18-35(27-36)33-15-8-7-9-16-33)40-30-52-46(54-40)42-22-14-26-58(42)48(60)44(32(3)4)56-50(62)64-6/h7-9,12,15-16,18-19,23-24,27-32,41-44H,13-14,21-22,25-26H2,1-6H3,(H,51,53)(H,52,54)(H,55,61)(H,56,62)/t41-,42-,43-,44-/m0/s1. The Morgan fingerprint density at radius 3 is 1.83 bits per heavy atom. The highest BCUT2D eigenvalue weighted by molar-refractivity contribution is 5.87. The number of aromatic nitrogens is 4. The van der Waals surface area contributed by atoms with E-state index < -0.39 is 24.3 Å². The quantitative estimate of drug-likeness (QED) is 0.0982. The van der Waals surface area contributed by atoms with Crippen LogP contribution in [0.5, 0.6) is 0 Å². The number of alkyl carbamates (subject to hydrolysis) is 2. The zero-order valence-corrected chi connectivity index (χ0v) is 37.0. The number of amides is 4. The molecule has 0 spiro atoms. The van der Waals surface area contributed by atoms with Crippen molar-refractivity contribution in [1.82, 2.24) is 40.4 Å². The number of nitrogens with one attached hydrogen (secondary N) is 4. The zero-order valence-electron chi connectivity index (χ0n) is 37.0. The number of H-pyrrole nitrogens is 2. The predicted molar refractivity (Wildman–Crippen MR) is 243 cm³/mol. The molecule has 14 heteroatoms. The van der Waals surface area contributed by atoms with Gasteiger partial charge in [0, 0.05) is 24.2 Å². The van der Waals surface area contributed by atoms with Crippen molar-refractivity contribution in [2.45, 2.75) is 77.5 Å². The second-order valence-electron chi connectivity index (χ2n) is 16.7. The fourth-order valence-electron chi connectivity index (χ4n) is 8.36. The van der Waals surface area contributed by atoms with E-state index in [0.717, 1.165) is 64.8 Å². The molecule has 64 heavy (non-hydrogen) atoms. The zero-order chi connectivity index (χ0) is 45.3. The molecule has 2 aliphatic rings. The van der Waals surface area contributed by atoms with Gasteiger partial charge in [-0.15, -0.1) is 0 Å². The summed E-state index contributed by atoms with van der Waals surface area (Å²) in [6, 6.07) is 22.6. The van der Waals surface area contributed by atoms with Crippen molar-refractivity contribution in [1.29, 1.82) is 0 Å². The minimum Gasteiger partial charge on any atom is -0.453 e. The molecule has 2 aliphatic heterocycles. The second kappa shape index (κ2) is 20.2. The van der Waals surface area contributed by atoms with E-state index in [9.17, 15) is 19.2 Å². The molecule has 2 saturated heterocycles. The van der Waals surface area contributed by atoms with Gasteiger partial charge < -0.3 is 39.9 Å². The normalized spacial score (nSPS) is 16.6. The van der Waals surface area contributed by atoms with E-state index in [-0.39, 0.29) is 35.7 Å². The van der Waals surface area contributed by atoms with Gasteiger partial charge >= 0.3 is 12.2 Å². The minimum atomic E-state index is -0.728. The molecule has 14 nitrogen and oxygen atoms in total. The van der Waals surface area contributed by atoms with E-state index in [0.29, 0.717) is 30.4 Å². The molecule has 4 N–H and O–H groups in total. The average Bonchev–Trinajstić information content (AvgIpc) is 4.16. The fourth-order valence-corrected chi connectivity index (χ4v) is 8.36. The summed E-state index contributed by atoms with van der Waals surface area (Å²) in [6.07, 6.45) is 5.23. The van der Waals surface area contributed by atoms with Crippen LogP contribution in [0.25, 0.3) is 33.5 Å². The van der Waals surface area contributed by atoms with E-state index in [2.05, 4.69) is 85.7 Å². The molecular weight excluding hydrogens is 809 g/mol. The summed E-state index contributed by atoms with van der Waals surface area (Å²) in [5.41, 5.74) is 7.07. The van der Waals surface area contributed by atoms with Crippen LogP contribution in [0.15, 0.2) is 85.2 Å². The van der Waals surface area contributed by atoms with Crippen LogP contribution in [-0.4, -0.2) is 93.1 Å². The molecule has 0 radical (unpaired) electrons. The molecule has 0 saturated carbocycles. The van der Waals surface area contributed by atoms with Gasteiger partial charge in [0.05, 0.1) is 44.4 Å². The van der Waals surface area contributed by atoms with Crippen LogP contribution in [0.4, 0.5) is 9.59 Å². The molecule has 7 rings (SSSR count). The van der Waals surface area contributed by atoms with Crippen molar-refractivity contribution >= 4 is 24.0 Å². The highest BCUT2D eigenvalue weighted by Gasteiger charge is 2.39. The smallest absolute Gasteiger partial charge is 0.407 e. The van der Waals surface area contributed by atoms with Crippen molar-refractivity contribution in [2.24, 2.45) is 11.8 Å². The third-order valence-corrected chi connectivity index (χ3v) is 11.7. The first kappa shape index (κ1) is 44.7. The molecule has 0 bridgehead atoms. The number of ether oxygens (including phenoxy) is 2. The van der Waals surface area contributed by atoms with Crippen LogP contribution >= 0.6 is 0 Å². The van der Waals surface area contributed by atoms with Gasteiger partial charge in [-0.2, -0.15) is 0 Å². The van der Waals surface area contributed by atoms with Crippen molar-refractivity contribution in [3.63, 3.8) is 0 Å². The maximum absolute atomic E-state index is 13.8. The number of methoxy groups -OCH3 is 2. The predicted octanol–water partition coefficient (Wildman–Crippen LogP) is 7.63. The van der Waals surface area contributed by atoms with Gasteiger partial charge in [-0.05, 0) is 95.7 Å². The van der Waals surface area contributed by atoms with Crippen molar-refractivity contribution in [3.05, 3.63) is 108 Å². The lowest BCUT2D eigenvalue weighted by molar-refractivity contribution is -0.136. The molecule has 3 aromatic carbocycles. The van der Waals surface area contributed by atoms with Gasteiger partial charge in [0.1, 0.15) is 29.4 Å². The summed E-state index contributed by atoms with van der Waals surface area (Å²) in [4.78, 5) is 71.2. The number of hydrogen-bond donors (Lipinski definition) is 4. The van der Waals surface area contributed by atoms with Crippen LogP contribution < -0.4 is 10.6 Å². The molecule has 4 heterocycles. The summed E-state index contributed by atoms with van der Waals surface area (Å²) >= 11 is 0. The third-order valence-electron chi connectivity index (χ3n) is 11.7. The largest absolute Gasteiger partial charge is 0.453 e. The number of carbonyl (C=O) groups is 4. The fraction of sp³-hybridized carbons (Fsp3) is 0.360. The van der Waals surface area contributed by atoms with Gasteiger partial charge in [-0.1, -0.05) is 88.2 Å². The molecule has 4 amide bonds. The van der Waals surface area contributed by atoms with Crippen molar-refractivity contribution < 1.29 is 28.7 Å². The number of aromatic amines is 2. The molecular formula is C50H54N8O6. The number of carbonyl (C=O) groups excluding carboxylic acids is 4. The Hall–Kier alpha value is -7.32. The maximum Gasteiger partial charge on any atom is 0.407 e. The lowest BCUT2D eigenvalue weighted by Crippen LogP contribution is -2.51. The molecule has 0 unspecified atom stereocenters. The Morgan fingerprint density at radius 1 is 0.656 bits per heavy atom. The first-order chi connectivity index (χ1) is 30.9. The highest BCUT2D eigenvalue weighted by atomic mass is 16.5. The Balaban J connectivity index is 1.15. The van der Waals surface area contributed by atoms with E-state index in [4.69, 9.17) is 14.5 Å². The van der Waals surface area contributed by atoms with Crippen LogP contribution in [0.1, 0.15) is 88.4 Å². The number of nitrogens with zero attached hydrogens (tertiary/aromatic N) is 4. The first-order valence-electron chi connectivity index (χ1n) is 21.7. The second-order valence-corrected chi connectivity index (χ2v) is 16.7. The lowest BCUT2D eigenvalue weighted by Gasteiger charge is -2.30. The SMILES string of the molecule is COC(=O)N[C@H](C(=O)N1CCC[C@H]1c1ncc(C#CC#Cc2ccc(-c3cnc([C@@H]4CCCN4C(=O)[C@@H](NC(=O)OC)C(C)C)[nH]3)cc2-c2cccc(-c3ccccc3)c2)[nH]1)C(C)C. The van der Waals surface area contributed by atoms with Crippen molar-refractivity contribution in [3.8, 4) is 57.2 Å². The third kappa shape index (κ3) is 10.1. The van der Waals surface area contributed by atoms with E-state index in [1.54, 1.807) is 22.2 Å². The highest BCUT2D eigenvalue weighted by Crippen LogP contribution is 2.36. The molecule has 4 atom stereocenters. The number of benzene rings is 3.